The molecule has 1 N–H and O–H groups in total. The van der Waals surface area contributed by atoms with Crippen molar-refractivity contribution in [2.45, 2.75) is 6.92 Å². The van der Waals surface area contributed by atoms with E-state index in [9.17, 15) is 4.91 Å². The SMILES string of the molecule is Cc1ncc([N+](=O)O)s1. The lowest BCUT2D eigenvalue weighted by atomic mass is 10.8. The Kier molecular flexibility index (Phi) is 1.44. The Morgan fingerprint density at radius 3 is 2.78 bits per heavy atom. The highest BCUT2D eigenvalue weighted by Crippen LogP contribution is 2.18. The van der Waals surface area contributed by atoms with E-state index in [0.29, 0.717) is 0 Å². The van der Waals surface area contributed by atoms with Crippen LogP contribution in [-0.4, -0.2) is 15.1 Å². The molecule has 0 saturated heterocycles. The molecule has 0 aliphatic carbocycles. The lowest BCUT2D eigenvalue weighted by Crippen LogP contribution is -1.86. The van der Waals surface area contributed by atoms with Gasteiger partial charge in [0.05, 0.1) is 9.91 Å². The number of hydrogen-bond acceptors (Lipinski definition) is 3. The summed E-state index contributed by atoms with van der Waals surface area (Å²) in [5.74, 6) is 0. The van der Waals surface area contributed by atoms with Gasteiger partial charge in [-0.2, -0.15) is 0 Å². The van der Waals surface area contributed by atoms with Crippen molar-refractivity contribution in [1.29, 1.82) is 0 Å². The predicted molar refractivity (Wildman–Crippen MR) is 31.9 cm³/mol. The van der Waals surface area contributed by atoms with Crippen LogP contribution in [0.1, 0.15) is 5.01 Å². The molecule has 0 atom stereocenters. The maximum absolute atomic E-state index is 10.1. The molecule has 0 unspecified atom stereocenters. The molecule has 1 aromatic rings. The third kappa shape index (κ3) is 1.23. The fraction of sp³-hybridized carbons (Fsp3) is 0.250. The second-order valence-electron chi connectivity index (χ2n) is 1.49. The third-order valence-electron chi connectivity index (χ3n) is 0.798. The van der Waals surface area contributed by atoms with Crippen LogP contribution in [0.15, 0.2) is 6.20 Å². The number of aryl methyl sites for hydroxylation is 1. The van der Waals surface area contributed by atoms with Crippen LogP contribution in [0.25, 0.3) is 0 Å². The molecule has 0 amide bonds. The first-order chi connectivity index (χ1) is 4.20. The lowest BCUT2D eigenvalue weighted by Gasteiger charge is -1.67. The standard InChI is InChI=1S/C4H5N2O2S/c1-3-5-2-4(9-3)6(7)8/h2H,1H3,(H,7,8)/q+1. The first-order valence-corrected chi connectivity index (χ1v) is 3.10. The van der Waals surface area contributed by atoms with Gasteiger partial charge in [-0.25, -0.2) is 10.2 Å². The summed E-state index contributed by atoms with van der Waals surface area (Å²) in [5.41, 5.74) is 0. The zero-order chi connectivity index (χ0) is 6.85. The number of aromatic nitrogens is 1. The van der Waals surface area contributed by atoms with Crippen LogP contribution < -0.4 is 0 Å². The van der Waals surface area contributed by atoms with Crippen molar-refractivity contribution in [3.63, 3.8) is 0 Å². The molecule has 4 nitrogen and oxygen atoms in total. The second-order valence-corrected chi connectivity index (χ2v) is 2.70. The smallest absolute Gasteiger partial charge is 0.242 e. The van der Waals surface area contributed by atoms with Crippen molar-refractivity contribution in [1.82, 2.24) is 4.98 Å². The van der Waals surface area contributed by atoms with Gasteiger partial charge in [0, 0.05) is 0 Å². The molecule has 0 aromatic carbocycles. The fourth-order valence-electron chi connectivity index (χ4n) is 0.439. The Morgan fingerprint density at radius 2 is 2.56 bits per heavy atom. The first-order valence-electron chi connectivity index (χ1n) is 2.28. The van der Waals surface area contributed by atoms with E-state index >= 15 is 0 Å². The van der Waals surface area contributed by atoms with Gasteiger partial charge in [0.2, 0.25) is 0 Å². The summed E-state index contributed by atoms with van der Waals surface area (Å²) in [7, 11) is 0. The molecule has 1 aromatic heterocycles. The summed E-state index contributed by atoms with van der Waals surface area (Å²) in [4.78, 5) is 13.7. The number of nitrogens with zero attached hydrogens (tertiary/aromatic N) is 2. The third-order valence-corrected chi connectivity index (χ3v) is 1.67. The summed E-state index contributed by atoms with van der Waals surface area (Å²) >= 11 is 1.15. The Labute approximate surface area is 55.3 Å². The molecule has 0 saturated carbocycles. The van der Waals surface area contributed by atoms with Crippen molar-refractivity contribution < 1.29 is 10.1 Å². The lowest BCUT2D eigenvalue weighted by molar-refractivity contribution is -0.727. The summed E-state index contributed by atoms with van der Waals surface area (Å²) in [6.07, 6.45) is 1.33. The van der Waals surface area contributed by atoms with Gasteiger partial charge in [-0.1, -0.05) is 0 Å². The highest BCUT2D eigenvalue weighted by atomic mass is 32.1. The van der Waals surface area contributed by atoms with Crippen LogP contribution in [0.2, 0.25) is 0 Å². The van der Waals surface area contributed by atoms with Gasteiger partial charge >= 0.3 is 5.00 Å². The van der Waals surface area contributed by atoms with Crippen molar-refractivity contribution >= 4 is 16.3 Å². The first kappa shape index (κ1) is 6.15. The van der Waals surface area contributed by atoms with Gasteiger partial charge in [-0.3, -0.25) is 0 Å². The molecule has 0 radical (unpaired) electrons. The van der Waals surface area contributed by atoms with Gasteiger partial charge in [-0.05, 0) is 18.3 Å². The maximum Gasteiger partial charge on any atom is 0.391 e. The van der Waals surface area contributed by atoms with Gasteiger partial charge in [0.15, 0.2) is 0 Å². The molecule has 0 spiro atoms. The quantitative estimate of drug-likeness (QED) is 0.605. The van der Waals surface area contributed by atoms with Crippen LogP contribution in [0, 0.1) is 11.8 Å². The molecule has 48 valence electrons. The molecule has 0 aliphatic heterocycles. The molecule has 9 heavy (non-hydrogen) atoms. The minimum absolute atomic E-state index is 0.190. The number of hydrogen-bond donors (Lipinski definition) is 1. The van der Waals surface area contributed by atoms with Gasteiger partial charge in [0.1, 0.15) is 6.20 Å². The highest BCUT2D eigenvalue weighted by molar-refractivity contribution is 7.14. The average molecular weight is 145 g/mol. The maximum atomic E-state index is 10.1. The Morgan fingerprint density at radius 1 is 1.89 bits per heavy atom. The van der Waals surface area contributed by atoms with Crippen molar-refractivity contribution in [2.75, 3.05) is 0 Å². The fourth-order valence-corrected chi connectivity index (χ4v) is 1.03. The predicted octanol–water partition coefficient (Wildman–Crippen LogP) is 1.25. The van der Waals surface area contributed by atoms with Gasteiger partial charge < -0.3 is 0 Å². The van der Waals surface area contributed by atoms with Crippen LogP contribution in [-0.2, 0) is 0 Å². The minimum atomic E-state index is -0.190. The van der Waals surface area contributed by atoms with Gasteiger partial charge in [-0.15, -0.1) is 0 Å². The molecule has 0 fully saturated rings. The van der Waals surface area contributed by atoms with Crippen LogP contribution in [0.5, 0.6) is 0 Å². The molecule has 1 rings (SSSR count). The zero-order valence-corrected chi connectivity index (χ0v) is 5.55. The van der Waals surface area contributed by atoms with E-state index in [-0.39, 0.29) is 9.92 Å². The Bertz CT molecular complexity index is 232. The number of thiazole rings is 1. The van der Waals surface area contributed by atoms with E-state index in [0.717, 1.165) is 16.3 Å². The van der Waals surface area contributed by atoms with Gasteiger partial charge in [0.25, 0.3) is 4.92 Å². The molecule has 5 heteroatoms. The molecular formula is C4H5N2O2S+. The second kappa shape index (κ2) is 2.10. The van der Waals surface area contributed by atoms with Crippen LogP contribution in [0.3, 0.4) is 0 Å². The molecular weight excluding hydrogens is 140 g/mol. The Hall–Kier alpha value is -0.970. The van der Waals surface area contributed by atoms with E-state index in [1.807, 2.05) is 0 Å². The zero-order valence-electron chi connectivity index (χ0n) is 4.74. The molecule has 0 aliphatic rings. The van der Waals surface area contributed by atoms with Crippen molar-refractivity contribution in [3.05, 3.63) is 16.1 Å². The normalized spacial score (nSPS) is 9.44. The van der Waals surface area contributed by atoms with Crippen molar-refractivity contribution in [3.8, 4) is 0 Å². The van der Waals surface area contributed by atoms with E-state index in [2.05, 4.69) is 4.98 Å². The average Bonchev–Trinajstić information content (AvgIpc) is 2.14. The summed E-state index contributed by atoms with van der Waals surface area (Å²) in [6, 6.07) is 0. The van der Waals surface area contributed by atoms with Crippen molar-refractivity contribution in [2.24, 2.45) is 0 Å². The van der Waals surface area contributed by atoms with E-state index in [1.165, 1.54) is 6.20 Å². The molecule has 1 heterocycles. The summed E-state index contributed by atoms with van der Waals surface area (Å²) < 4.78 is 0. The monoisotopic (exact) mass is 145 g/mol. The highest BCUT2D eigenvalue weighted by Gasteiger charge is 2.13. The summed E-state index contributed by atoms with van der Waals surface area (Å²) in [5, 5.41) is 9.26. The van der Waals surface area contributed by atoms with E-state index in [1.54, 1.807) is 6.92 Å². The van der Waals surface area contributed by atoms with Crippen LogP contribution in [0.4, 0.5) is 5.00 Å². The van der Waals surface area contributed by atoms with E-state index < -0.39 is 0 Å². The minimum Gasteiger partial charge on any atom is -0.242 e. The summed E-state index contributed by atoms with van der Waals surface area (Å²) in [6.45, 7) is 1.76. The topological polar surface area (TPSA) is 53.2 Å². The molecule has 0 bridgehead atoms. The van der Waals surface area contributed by atoms with Crippen LogP contribution >= 0.6 is 11.3 Å². The van der Waals surface area contributed by atoms with E-state index in [4.69, 9.17) is 5.21 Å². The Balaban J connectivity index is 2.98. The number of rotatable bonds is 1. The largest absolute Gasteiger partial charge is 0.391 e.